The molecular weight excluding hydrogens is 296 g/mol. The second-order valence-electron chi connectivity index (χ2n) is 5.97. The topological polar surface area (TPSA) is 42.7 Å². The van der Waals surface area contributed by atoms with Crippen molar-refractivity contribution in [2.24, 2.45) is 0 Å². The molecule has 3 rings (SSSR count). The molecule has 24 heavy (non-hydrogen) atoms. The molecule has 0 aliphatic carbocycles. The number of rotatable bonds is 5. The summed E-state index contributed by atoms with van der Waals surface area (Å²) in [7, 11) is 1.92. The van der Waals surface area contributed by atoms with Gasteiger partial charge in [-0.3, -0.25) is 0 Å². The number of benzene rings is 2. The van der Waals surface area contributed by atoms with Gasteiger partial charge in [-0.2, -0.15) is 0 Å². The Hall–Kier alpha value is -2.62. The van der Waals surface area contributed by atoms with Crippen LogP contribution in [0.2, 0.25) is 0 Å². The molecule has 0 spiro atoms. The molecule has 0 aliphatic rings. The Balaban J connectivity index is 2.08. The first-order valence-electron chi connectivity index (χ1n) is 8.49. The van der Waals surface area contributed by atoms with Crippen LogP contribution in [0.15, 0.2) is 42.6 Å². The maximum Gasteiger partial charge on any atom is 0.0944 e. The van der Waals surface area contributed by atoms with Crippen molar-refractivity contribution >= 4 is 5.69 Å². The summed E-state index contributed by atoms with van der Waals surface area (Å²) in [5.74, 6) is 0. The lowest BCUT2D eigenvalue weighted by atomic mass is 9.97. The number of hydrogen-bond donors (Lipinski definition) is 1. The summed E-state index contributed by atoms with van der Waals surface area (Å²) >= 11 is 0. The molecular formula is C20H24N4. The molecule has 4 heteroatoms. The minimum atomic E-state index is 1.00. The number of aryl methyl sites for hydroxylation is 2. The first kappa shape index (κ1) is 16.2. The molecule has 0 fully saturated rings. The summed E-state index contributed by atoms with van der Waals surface area (Å²) in [6.45, 7) is 6.60. The lowest BCUT2D eigenvalue weighted by molar-refractivity contribution is 0.803. The van der Waals surface area contributed by atoms with E-state index in [0.29, 0.717) is 0 Å². The van der Waals surface area contributed by atoms with E-state index < -0.39 is 0 Å². The number of anilines is 1. The van der Waals surface area contributed by atoms with Gasteiger partial charge in [0, 0.05) is 18.3 Å². The smallest absolute Gasteiger partial charge is 0.0944 e. The van der Waals surface area contributed by atoms with Gasteiger partial charge < -0.3 is 5.32 Å². The van der Waals surface area contributed by atoms with Crippen molar-refractivity contribution in [2.45, 2.75) is 33.6 Å². The molecule has 1 N–H and O–H groups in total. The van der Waals surface area contributed by atoms with E-state index in [2.05, 4.69) is 72.8 Å². The fourth-order valence-electron chi connectivity index (χ4n) is 3.24. The van der Waals surface area contributed by atoms with Gasteiger partial charge in [0.2, 0.25) is 0 Å². The van der Waals surface area contributed by atoms with E-state index in [0.717, 1.165) is 35.5 Å². The van der Waals surface area contributed by atoms with Crippen molar-refractivity contribution in [3.05, 3.63) is 59.3 Å². The Kier molecular flexibility index (Phi) is 4.65. The molecule has 0 saturated heterocycles. The highest BCUT2D eigenvalue weighted by Gasteiger charge is 2.12. The van der Waals surface area contributed by atoms with E-state index in [4.69, 9.17) is 0 Å². The summed E-state index contributed by atoms with van der Waals surface area (Å²) < 4.78 is 1.93. The lowest BCUT2D eigenvalue weighted by Crippen LogP contribution is -2.04. The number of aromatic nitrogens is 3. The van der Waals surface area contributed by atoms with Gasteiger partial charge in [-0.25, -0.2) is 4.68 Å². The fourth-order valence-corrected chi connectivity index (χ4v) is 3.24. The first-order valence-corrected chi connectivity index (χ1v) is 8.49. The lowest BCUT2D eigenvalue weighted by Gasteiger charge is -2.14. The monoisotopic (exact) mass is 320 g/mol. The standard InChI is InChI=1S/C20H24N4/c1-5-15-12-18(11-14(3)19(15)6-2)24-20(13-22-23-24)16-7-9-17(21-4)10-8-16/h7-13,21H,5-6H2,1-4H3. The van der Waals surface area contributed by atoms with Crippen molar-refractivity contribution in [2.75, 3.05) is 12.4 Å². The maximum absolute atomic E-state index is 4.33. The molecule has 0 radical (unpaired) electrons. The van der Waals surface area contributed by atoms with Crippen LogP contribution in [0.5, 0.6) is 0 Å². The van der Waals surface area contributed by atoms with Crippen LogP contribution in [0.25, 0.3) is 16.9 Å². The van der Waals surface area contributed by atoms with E-state index in [9.17, 15) is 0 Å². The number of hydrogen-bond acceptors (Lipinski definition) is 3. The second kappa shape index (κ2) is 6.87. The van der Waals surface area contributed by atoms with Crippen molar-refractivity contribution in [3.63, 3.8) is 0 Å². The Labute approximate surface area is 143 Å². The van der Waals surface area contributed by atoms with Gasteiger partial charge in [0.1, 0.15) is 0 Å². The predicted octanol–water partition coefficient (Wildman–Crippen LogP) is 4.41. The highest BCUT2D eigenvalue weighted by molar-refractivity contribution is 5.64. The molecule has 3 aromatic rings. The zero-order chi connectivity index (χ0) is 17.1. The Morgan fingerprint density at radius 3 is 2.42 bits per heavy atom. The first-order chi connectivity index (χ1) is 11.7. The molecule has 0 saturated carbocycles. The Morgan fingerprint density at radius 1 is 1.04 bits per heavy atom. The van der Waals surface area contributed by atoms with E-state index >= 15 is 0 Å². The van der Waals surface area contributed by atoms with Gasteiger partial charge >= 0.3 is 0 Å². The van der Waals surface area contributed by atoms with Crippen LogP contribution < -0.4 is 5.32 Å². The van der Waals surface area contributed by atoms with Crippen molar-refractivity contribution < 1.29 is 0 Å². The summed E-state index contributed by atoms with van der Waals surface area (Å²) in [6.07, 6.45) is 3.91. The molecule has 0 amide bonds. The molecule has 0 aliphatic heterocycles. The van der Waals surface area contributed by atoms with Gasteiger partial charge in [-0.1, -0.05) is 31.2 Å². The van der Waals surface area contributed by atoms with Gasteiger partial charge in [0.25, 0.3) is 0 Å². The van der Waals surface area contributed by atoms with Crippen LogP contribution in [0.3, 0.4) is 0 Å². The maximum atomic E-state index is 4.33. The van der Waals surface area contributed by atoms with Gasteiger partial charge in [0.05, 0.1) is 17.6 Å². The van der Waals surface area contributed by atoms with Crippen LogP contribution in [0.4, 0.5) is 5.69 Å². The van der Waals surface area contributed by atoms with E-state index in [-0.39, 0.29) is 0 Å². The predicted molar refractivity (Wildman–Crippen MR) is 99.8 cm³/mol. The molecule has 1 aromatic heterocycles. The minimum absolute atomic E-state index is 1.00. The summed E-state index contributed by atoms with van der Waals surface area (Å²) in [4.78, 5) is 0. The molecule has 1 heterocycles. The third-order valence-electron chi connectivity index (χ3n) is 4.55. The zero-order valence-electron chi connectivity index (χ0n) is 14.8. The average Bonchev–Trinajstić information content (AvgIpc) is 3.10. The zero-order valence-corrected chi connectivity index (χ0v) is 14.8. The highest BCUT2D eigenvalue weighted by atomic mass is 15.4. The van der Waals surface area contributed by atoms with Crippen molar-refractivity contribution in [1.29, 1.82) is 0 Å². The van der Waals surface area contributed by atoms with E-state index in [1.807, 2.05) is 17.9 Å². The fraction of sp³-hybridized carbons (Fsp3) is 0.300. The number of nitrogens with zero attached hydrogens (tertiary/aromatic N) is 3. The molecule has 0 bridgehead atoms. The minimum Gasteiger partial charge on any atom is -0.388 e. The molecule has 2 aromatic carbocycles. The van der Waals surface area contributed by atoms with Crippen molar-refractivity contribution in [1.82, 2.24) is 15.0 Å². The summed E-state index contributed by atoms with van der Waals surface area (Å²) in [5.41, 5.74) is 8.43. The van der Waals surface area contributed by atoms with Gasteiger partial charge in [-0.15, -0.1) is 5.10 Å². The van der Waals surface area contributed by atoms with Crippen LogP contribution in [0.1, 0.15) is 30.5 Å². The normalized spacial score (nSPS) is 10.8. The highest BCUT2D eigenvalue weighted by Crippen LogP contribution is 2.26. The molecule has 124 valence electrons. The molecule has 0 atom stereocenters. The van der Waals surface area contributed by atoms with Crippen LogP contribution in [-0.4, -0.2) is 22.0 Å². The van der Waals surface area contributed by atoms with Crippen molar-refractivity contribution in [3.8, 4) is 16.9 Å². The number of nitrogens with one attached hydrogen (secondary N) is 1. The molecule has 0 unspecified atom stereocenters. The Morgan fingerprint density at radius 2 is 1.79 bits per heavy atom. The van der Waals surface area contributed by atoms with Gasteiger partial charge in [0.15, 0.2) is 0 Å². The Bertz CT molecular complexity index is 831. The third kappa shape index (κ3) is 2.92. The molecule has 4 nitrogen and oxygen atoms in total. The van der Waals surface area contributed by atoms with Gasteiger partial charge in [-0.05, 0) is 60.7 Å². The SMILES string of the molecule is CCc1cc(-n2nncc2-c2ccc(NC)cc2)cc(C)c1CC. The quantitative estimate of drug-likeness (QED) is 0.757. The van der Waals surface area contributed by atoms with E-state index in [1.165, 1.54) is 16.7 Å². The average molecular weight is 320 g/mol. The second-order valence-corrected chi connectivity index (χ2v) is 5.97. The summed E-state index contributed by atoms with van der Waals surface area (Å²) in [6, 6.07) is 12.8. The largest absolute Gasteiger partial charge is 0.388 e. The van der Waals surface area contributed by atoms with Crippen LogP contribution in [-0.2, 0) is 12.8 Å². The van der Waals surface area contributed by atoms with E-state index in [1.54, 1.807) is 0 Å². The van der Waals surface area contributed by atoms with Crippen LogP contribution >= 0.6 is 0 Å². The van der Waals surface area contributed by atoms with Crippen LogP contribution in [0, 0.1) is 6.92 Å². The third-order valence-corrected chi connectivity index (χ3v) is 4.55. The summed E-state index contributed by atoms with van der Waals surface area (Å²) in [5, 5.41) is 11.6.